The lowest BCUT2D eigenvalue weighted by Gasteiger charge is -2.56. The van der Waals surface area contributed by atoms with Crippen LogP contribution in [0, 0.1) is 17.8 Å². The van der Waals surface area contributed by atoms with Crippen molar-refractivity contribution >= 4 is 18.2 Å². The Hall–Kier alpha value is -1.95. The molecule has 0 spiro atoms. The fraction of sp³-hybridized carbons (Fsp3) is 0.632. The van der Waals surface area contributed by atoms with Crippen molar-refractivity contribution in [2.75, 3.05) is 0 Å². The van der Waals surface area contributed by atoms with Crippen molar-refractivity contribution < 1.29 is 14.4 Å². The van der Waals surface area contributed by atoms with Gasteiger partial charge in [0.2, 0.25) is 0 Å². The molecule has 0 aromatic rings. The summed E-state index contributed by atoms with van der Waals surface area (Å²) in [4.78, 5) is 36.0. The smallest absolute Gasteiger partial charge is 0.322 e. The maximum Gasteiger partial charge on any atom is 0.322 e. The Kier molecular flexibility index (Phi) is 4.02. The molecule has 0 radical (unpaired) electrons. The van der Waals surface area contributed by atoms with E-state index in [0.29, 0.717) is 12.7 Å². The van der Waals surface area contributed by atoms with Crippen LogP contribution in [0.5, 0.6) is 0 Å². The molecule has 0 saturated heterocycles. The predicted octanol–water partition coefficient (Wildman–Crippen LogP) is 1.56. The highest BCUT2D eigenvalue weighted by atomic mass is 16.2. The van der Waals surface area contributed by atoms with Crippen LogP contribution in [-0.2, 0) is 9.59 Å². The Labute approximate surface area is 147 Å². The summed E-state index contributed by atoms with van der Waals surface area (Å²) in [6.45, 7) is 0. The van der Waals surface area contributed by atoms with E-state index in [4.69, 9.17) is 5.73 Å². The van der Waals surface area contributed by atoms with Crippen molar-refractivity contribution in [3.05, 3.63) is 23.3 Å². The Balaban J connectivity index is 1.40. The van der Waals surface area contributed by atoms with Crippen molar-refractivity contribution in [2.45, 2.75) is 56.5 Å². The van der Waals surface area contributed by atoms with E-state index in [9.17, 15) is 14.4 Å². The molecule has 1 unspecified atom stereocenters. The molecule has 6 heteroatoms. The lowest BCUT2D eigenvalue weighted by molar-refractivity contribution is -0.117. The average molecular weight is 343 g/mol. The van der Waals surface area contributed by atoms with Crippen LogP contribution in [0.2, 0.25) is 0 Å². The Morgan fingerprint density at radius 3 is 2.28 bits per heavy atom. The molecule has 0 heterocycles. The topological polar surface area (TPSA) is 101 Å². The molecule has 4 fully saturated rings. The van der Waals surface area contributed by atoms with Gasteiger partial charge in [-0.05, 0) is 62.7 Å². The summed E-state index contributed by atoms with van der Waals surface area (Å²) in [5.74, 6) is 1.62. The van der Waals surface area contributed by atoms with Gasteiger partial charge in [0.15, 0.2) is 6.29 Å². The fourth-order valence-electron chi connectivity index (χ4n) is 5.79. The molecule has 0 aromatic carbocycles. The van der Waals surface area contributed by atoms with E-state index in [-0.39, 0.29) is 22.7 Å². The van der Waals surface area contributed by atoms with Crippen LogP contribution >= 0.6 is 0 Å². The molecule has 3 amide bonds. The van der Waals surface area contributed by atoms with Gasteiger partial charge in [0.1, 0.15) is 0 Å². The third-order valence-electron chi connectivity index (χ3n) is 6.31. The summed E-state index contributed by atoms with van der Waals surface area (Å²) in [5.41, 5.74) is 6.10. The summed E-state index contributed by atoms with van der Waals surface area (Å²) in [6.07, 6.45) is 11.2. The second-order valence-electron chi connectivity index (χ2n) is 8.36. The van der Waals surface area contributed by atoms with Gasteiger partial charge in [0.05, 0.1) is 0 Å². The number of hydrogen-bond donors (Lipinski definition) is 3. The highest BCUT2D eigenvalue weighted by molar-refractivity contribution is 6.11. The second kappa shape index (κ2) is 6.09. The number of imide groups is 1. The molecule has 5 rings (SSSR count). The first-order valence-electron chi connectivity index (χ1n) is 9.23. The molecule has 5 aliphatic carbocycles. The summed E-state index contributed by atoms with van der Waals surface area (Å²) < 4.78 is 0. The highest BCUT2D eigenvalue weighted by Gasteiger charge is 2.51. The van der Waals surface area contributed by atoms with E-state index in [2.05, 4.69) is 10.6 Å². The van der Waals surface area contributed by atoms with Crippen LogP contribution < -0.4 is 16.4 Å². The molecule has 0 aromatic heterocycles. The number of urea groups is 1. The molecule has 25 heavy (non-hydrogen) atoms. The number of aldehydes is 1. The number of carbonyl (C=O) groups is 3. The largest absolute Gasteiger partial charge is 0.332 e. The quantitative estimate of drug-likeness (QED) is 0.677. The Morgan fingerprint density at radius 1 is 1.12 bits per heavy atom. The monoisotopic (exact) mass is 343 g/mol. The molecule has 0 aliphatic heterocycles. The predicted molar refractivity (Wildman–Crippen MR) is 92.4 cm³/mol. The van der Waals surface area contributed by atoms with Crippen molar-refractivity contribution in [3.63, 3.8) is 0 Å². The number of nitrogens with one attached hydrogen (secondary N) is 2. The maximum absolute atomic E-state index is 12.4. The van der Waals surface area contributed by atoms with Gasteiger partial charge in [-0.25, -0.2) is 4.79 Å². The van der Waals surface area contributed by atoms with Crippen LogP contribution in [0.15, 0.2) is 23.3 Å². The number of amides is 3. The minimum absolute atomic E-state index is 0.147. The van der Waals surface area contributed by atoms with Crippen LogP contribution in [0.25, 0.3) is 0 Å². The third kappa shape index (κ3) is 3.15. The highest BCUT2D eigenvalue weighted by Crippen LogP contribution is 2.55. The van der Waals surface area contributed by atoms with Gasteiger partial charge in [0.25, 0.3) is 5.91 Å². The lowest BCUT2D eigenvalue weighted by Crippen LogP contribution is -2.61. The molecular weight excluding hydrogens is 318 g/mol. The first-order valence-corrected chi connectivity index (χ1v) is 9.23. The minimum atomic E-state index is -0.535. The van der Waals surface area contributed by atoms with E-state index in [1.54, 1.807) is 12.2 Å². The van der Waals surface area contributed by atoms with Gasteiger partial charge in [-0.15, -0.1) is 0 Å². The Morgan fingerprint density at radius 2 is 1.72 bits per heavy atom. The van der Waals surface area contributed by atoms with Crippen molar-refractivity contribution in [1.82, 2.24) is 10.6 Å². The molecule has 4 N–H and O–H groups in total. The first-order chi connectivity index (χ1) is 12.0. The zero-order valence-corrected chi connectivity index (χ0v) is 14.3. The zero-order chi connectivity index (χ0) is 17.6. The minimum Gasteiger partial charge on any atom is -0.332 e. The van der Waals surface area contributed by atoms with Gasteiger partial charge in [-0.1, -0.05) is 12.2 Å². The van der Waals surface area contributed by atoms with Gasteiger partial charge in [-0.2, -0.15) is 0 Å². The zero-order valence-electron chi connectivity index (χ0n) is 14.3. The Bertz CT molecular complexity index is 644. The molecule has 5 aliphatic rings. The average Bonchev–Trinajstić information content (AvgIpc) is 2.52. The molecule has 4 saturated carbocycles. The maximum atomic E-state index is 12.4. The van der Waals surface area contributed by atoms with E-state index in [1.807, 2.05) is 0 Å². The number of hydrogen-bond acceptors (Lipinski definition) is 4. The van der Waals surface area contributed by atoms with Gasteiger partial charge >= 0.3 is 6.03 Å². The van der Waals surface area contributed by atoms with E-state index >= 15 is 0 Å². The van der Waals surface area contributed by atoms with Crippen molar-refractivity contribution in [2.24, 2.45) is 23.5 Å². The van der Waals surface area contributed by atoms with Gasteiger partial charge in [0, 0.05) is 22.7 Å². The van der Waals surface area contributed by atoms with E-state index in [0.717, 1.165) is 37.0 Å². The fourth-order valence-corrected chi connectivity index (χ4v) is 5.79. The number of nitrogens with two attached hydrogens (primary N) is 1. The number of rotatable bonds is 3. The normalized spacial score (nSPS) is 38.6. The van der Waals surface area contributed by atoms with E-state index < -0.39 is 11.9 Å². The summed E-state index contributed by atoms with van der Waals surface area (Å²) in [6, 6.07) is -0.717. The van der Waals surface area contributed by atoms with Crippen LogP contribution in [0.1, 0.15) is 44.9 Å². The van der Waals surface area contributed by atoms with Crippen LogP contribution in [0.3, 0.4) is 0 Å². The lowest BCUT2D eigenvalue weighted by atomic mass is 9.53. The summed E-state index contributed by atoms with van der Waals surface area (Å²) in [7, 11) is 0. The van der Waals surface area contributed by atoms with Crippen LogP contribution in [-0.4, -0.2) is 29.8 Å². The van der Waals surface area contributed by atoms with Gasteiger partial charge in [-0.3, -0.25) is 14.9 Å². The van der Waals surface area contributed by atoms with Crippen LogP contribution in [0.4, 0.5) is 4.79 Å². The second-order valence-corrected chi connectivity index (χ2v) is 8.36. The SMILES string of the molecule is NC1C=C(C=O)C(C(=O)NC(=O)NC23CC4CC(CC(C4)C2)C3)=CC1. The standard InChI is InChI=1S/C19H25N3O3/c20-15-1-2-16(14(6-15)10-23)17(24)21-18(25)22-19-7-11-3-12(8-19)5-13(4-11)9-19/h2,6,10-13,15H,1,3-5,7-9,20H2,(H2,21,22,24,25). The van der Waals surface area contributed by atoms with Crippen molar-refractivity contribution in [3.8, 4) is 0 Å². The molecule has 4 bridgehead atoms. The van der Waals surface area contributed by atoms with Crippen molar-refractivity contribution in [1.29, 1.82) is 0 Å². The summed E-state index contributed by atoms with van der Waals surface area (Å²) in [5, 5.41) is 5.51. The van der Waals surface area contributed by atoms with Gasteiger partial charge < -0.3 is 11.1 Å². The molecule has 6 nitrogen and oxygen atoms in total. The molecular formula is C19H25N3O3. The molecule has 134 valence electrons. The van der Waals surface area contributed by atoms with E-state index in [1.165, 1.54) is 19.3 Å². The summed E-state index contributed by atoms with van der Waals surface area (Å²) >= 11 is 0. The number of carbonyl (C=O) groups excluding carboxylic acids is 3. The first kappa shape index (κ1) is 16.5. The molecule has 1 atom stereocenters. The third-order valence-corrected chi connectivity index (χ3v) is 6.31.